The Kier molecular flexibility index (Phi) is 10.0. The molecule has 0 bridgehead atoms. The summed E-state index contributed by atoms with van der Waals surface area (Å²) in [5, 5.41) is 26.5. The number of hydrogen-bond donors (Lipinski definition) is 4. The summed E-state index contributed by atoms with van der Waals surface area (Å²) in [6.45, 7) is 6.28. The second kappa shape index (κ2) is 13.2. The molecule has 1 unspecified atom stereocenters. The van der Waals surface area contributed by atoms with Gasteiger partial charge in [0.2, 0.25) is 6.41 Å². The number of carbonyl (C=O) groups is 1. The minimum Gasteiger partial charge on any atom is -0.506 e. The first kappa shape index (κ1) is 28.8. The van der Waals surface area contributed by atoms with Gasteiger partial charge in [-0.3, -0.25) is 9.69 Å². The minimum atomic E-state index is -0.850. The molecule has 4 rings (SSSR count). The van der Waals surface area contributed by atoms with Gasteiger partial charge in [-0.1, -0.05) is 18.2 Å². The molecule has 10 heteroatoms. The first-order chi connectivity index (χ1) is 18.3. The van der Waals surface area contributed by atoms with E-state index in [1.165, 1.54) is 17.8 Å². The average molecular weight is 547 g/mol. The molecule has 4 N–H and O–H groups in total. The van der Waals surface area contributed by atoms with Crippen LogP contribution in [0.2, 0.25) is 0 Å². The number of rotatable bonds is 11. The molecule has 0 saturated carbocycles. The summed E-state index contributed by atoms with van der Waals surface area (Å²) in [4.78, 5) is 16.3. The van der Waals surface area contributed by atoms with E-state index in [2.05, 4.69) is 27.5 Å². The van der Waals surface area contributed by atoms with Gasteiger partial charge in [0.1, 0.15) is 11.6 Å². The Labute approximate surface area is 228 Å². The van der Waals surface area contributed by atoms with Crippen molar-refractivity contribution in [3.63, 3.8) is 0 Å². The van der Waals surface area contributed by atoms with E-state index in [0.29, 0.717) is 35.4 Å². The summed E-state index contributed by atoms with van der Waals surface area (Å²) in [5.41, 5.74) is 2.63. The zero-order valence-electron chi connectivity index (χ0n) is 22.2. The Balaban J connectivity index is 1.28. The van der Waals surface area contributed by atoms with Crippen LogP contribution in [0, 0.1) is 5.82 Å². The smallest absolute Gasteiger partial charge is 0.211 e. The number of morpholine rings is 1. The lowest BCUT2D eigenvalue weighted by molar-refractivity contribution is -0.131. The van der Waals surface area contributed by atoms with Gasteiger partial charge in [-0.15, -0.1) is 11.8 Å². The van der Waals surface area contributed by atoms with Crippen molar-refractivity contribution >= 4 is 23.9 Å². The number of likely N-dealkylation sites (tertiary alicyclic amines) is 1. The number of piperidine rings is 1. The molecule has 2 heterocycles. The molecule has 2 saturated heterocycles. The highest BCUT2D eigenvalue weighted by atomic mass is 32.2. The number of ether oxygens (including phenoxy) is 1. The molecule has 0 aliphatic carbocycles. The maximum absolute atomic E-state index is 14.6. The van der Waals surface area contributed by atoms with Crippen LogP contribution < -0.4 is 10.6 Å². The fourth-order valence-electron chi connectivity index (χ4n) is 5.47. The van der Waals surface area contributed by atoms with E-state index >= 15 is 0 Å². The molecule has 2 aromatic carbocycles. The zero-order chi connectivity index (χ0) is 27.1. The average Bonchev–Trinajstić information content (AvgIpc) is 2.90. The fourth-order valence-corrected chi connectivity index (χ4v) is 6.28. The molecule has 2 aromatic rings. The Morgan fingerprint density at radius 2 is 2.03 bits per heavy atom. The monoisotopic (exact) mass is 546 g/mol. The van der Waals surface area contributed by atoms with Crippen LogP contribution in [-0.4, -0.2) is 91.2 Å². The van der Waals surface area contributed by atoms with Crippen LogP contribution in [-0.2, 0) is 22.5 Å². The van der Waals surface area contributed by atoms with Gasteiger partial charge in [0.15, 0.2) is 0 Å². The number of aromatic hydroxyl groups is 1. The van der Waals surface area contributed by atoms with Gasteiger partial charge in [0, 0.05) is 44.2 Å². The quantitative estimate of drug-likeness (QED) is 0.148. The number of nitrogens with one attached hydrogen (secondary N) is 2. The van der Waals surface area contributed by atoms with Crippen LogP contribution in [0.4, 0.5) is 10.1 Å². The molecular formula is C28H39FN4O4S. The molecule has 0 aromatic heterocycles. The molecule has 2 aliphatic heterocycles. The van der Waals surface area contributed by atoms with Gasteiger partial charge in [-0.25, -0.2) is 4.39 Å². The van der Waals surface area contributed by atoms with Crippen LogP contribution in [0.25, 0.3) is 0 Å². The van der Waals surface area contributed by atoms with Crippen LogP contribution in [0.5, 0.6) is 5.75 Å². The lowest BCUT2D eigenvalue weighted by atomic mass is 9.89. The number of phenolic OH excluding ortho intramolecular Hbond substituents is 1. The van der Waals surface area contributed by atoms with Gasteiger partial charge < -0.3 is 30.5 Å². The lowest BCUT2D eigenvalue weighted by Gasteiger charge is -2.46. The van der Waals surface area contributed by atoms with Gasteiger partial charge in [-0.2, -0.15) is 0 Å². The lowest BCUT2D eigenvalue weighted by Crippen LogP contribution is -2.55. The van der Waals surface area contributed by atoms with E-state index < -0.39 is 6.10 Å². The van der Waals surface area contributed by atoms with E-state index in [1.807, 2.05) is 18.4 Å². The third-order valence-corrected chi connectivity index (χ3v) is 8.41. The molecule has 0 radical (unpaired) electrons. The predicted molar refractivity (Wildman–Crippen MR) is 148 cm³/mol. The molecule has 1 amide bonds. The van der Waals surface area contributed by atoms with E-state index in [9.17, 15) is 19.4 Å². The number of benzene rings is 2. The summed E-state index contributed by atoms with van der Waals surface area (Å²) in [6, 6.07) is 8.46. The number of nitrogens with zero attached hydrogens (tertiary/aromatic N) is 2. The highest BCUT2D eigenvalue weighted by Gasteiger charge is 2.38. The molecule has 38 heavy (non-hydrogen) atoms. The van der Waals surface area contributed by atoms with E-state index in [-0.39, 0.29) is 29.4 Å². The van der Waals surface area contributed by atoms with E-state index in [4.69, 9.17) is 4.74 Å². The number of carbonyl (C=O) groups excluding carboxylic acids is 1. The number of aliphatic hydroxyl groups excluding tert-OH is 1. The number of hydrogen-bond acceptors (Lipinski definition) is 8. The number of likely N-dealkylation sites (N-methyl/N-ethyl adjacent to an activating group) is 1. The summed E-state index contributed by atoms with van der Waals surface area (Å²) >= 11 is 1.33. The van der Waals surface area contributed by atoms with Crippen LogP contribution in [0.1, 0.15) is 35.6 Å². The van der Waals surface area contributed by atoms with Gasteiger partial charge in [0.25, 0.3) is 0 Å². The first-order valence-electron chi connectivity index (χ1n) is 13.1. The van der Waals surface area contributed by atoms with Crippen molar-refractivity contribution in [3.05, 3.63) is 52.8 Å². The van der Waals surface area contributed by atoms with Crippen molar-refractivity contribution in [2.75, 3.05) is 64.5 Å². The number of phenols is 1. The largest absolute Gasteiger partial charge is 0.506 e. The SMILES string of the molecule is CSc1c(C(O)CNCCc2cc(CN3CCC4(CC3)CN(C)CCO4)ccc2F)ccc(O)c1NC=O. The topological polar surface area (TPSA) is 97.3 Å². The summed E-state index contributed by atoms with van der Waals surface area (Å²) in [6.07, 6.45) is 3.99. The Hall–Kier alpha value is -2.21. The Morgan fingerprint density at radius 1 is 1.24 bits per heavy atom. The van der Waals surface area contributed by atoms with Gasteiger partial charge >= 0.3 is 0 Å². The van der Waals surface area contributed by atoms with Crippen LogP contribution in [0.15, 0.2) is 35.2 Å². The second-order valence-electron chi connectivity index (χ2n) is 10.3. The molecule has 1 spiro atoms. The Morgan fingerprint density at radius 3 is 2.74 bits per heavy atom. The first-order valence-corrected chi connectivity index (χ1v) is 14.4. The maximum Gasteiger partial charge on any atom is 0.211 e. The molecule has 1 atom stereocenters. The zero-order valence-corrected chi connectivity index (χ0v) is 23.0. The van der Waals surface area contributed by atoms with Crippen molar-refractivity contribution in [1.29, 1.82) is 0 Å². The van der Waals surface area contributed by atoms with E-state index in [1.54, 1.807) is 12.1 Å². The van der Waals surface area contributed by atoms with Crippen molar-refractivity contribution in [1.82, 2.24) is 15.1 Å². The summed E-state index contributed by atoms with van der Waals surface area (Å²) < 4.78 is 20.7. The maximum atomic E-state index is 14.6. The highest BCUT2D eigenvalue weighted by molar-refractivity contribution is 7.98. The third kappa shape index (κ3) is 7.05. The third-order valence-electron chi connectivity index (χ3n) is 7.56. The van der Waals surface area contributed by atoms with Gasteiger partial charge in [-0.05, 0) is 67.9 Å². The molecule has 8 nitrogen and oxygen atoms in total. The summed E-state index contributed by atoms with van der Waals surface area (Å²) in [5.74, 6) is -0.278. The standard InChI is InChI=1S/C28H39FN4O4S/c1-32-13-14-37-28(18-32)8-11-33(12-9-28)17-20-3-5-23(29)21(15-20)7-10-30-16-25(36)22-4-6-24(35)26(31-19-34)27(22)38-2/h3-6,15,19,25,30,35-36H,7-14,16-18H2,1-2H3,(H,31,34). The number of thioether (sulfide) groups is 1. The minimum absolute atomic E-state index is 0.0169. The molecule has 208 valence electrons. The second-order valence-corrected chi connectivity index (χ2v) is 11.1. The molecule has 2 fully saturated rings. The fraction of sp³-hybridized carbons (Fsp3) is 0.536. The molecule has 2 aliphatic rings. The van der Waals surface area contributed by atoms with Crippen molar-refractivity contribution < 1.29 is 24.1 Å². The van der Waals surface area contributed by atoms with Crippen molar-refractivity contribution in [2.45, 2.75) is 42.4 Å². The van der Waals surface area contributed by atoms with Crippen molar-refractivity contribution in [3.8, 4) is 5.75 Å². The number of halogens is 1. The summed E-state index contributed by atoms with van der Waals surface area (Å²) in [7, 11) is 2.16. The van der Waals surface area contributed by atoms with Crippen LogP contribution in [0.3, 0.4) is 0 Å². The normalized spacial score (nSPS) is 18.9. The van der Waals surface area contributed by atoms with Crippen LogP contribution >= 0.6 is 11.8 Å². The number of anilines is 1. The van der Waals surface area contributed by atoms with Gasteiger partial charge in [0.05, 0.1) is 24.0 Å². The van der Waals surface area contributed by atoms with E-state index in [0.717, 1.165) is 57.7 Å². The Bertz CT molecular complexity index is 1100. The number of amides is 1. The van der Waals surface area contributed by atoms with Crippen molar-refractivity contribution in [2.24, 2.45) is 0 Å². The molecular weight excluding hydrogens is 507 g/mol. The predicted octanol–water partition coefficient (Wildman–Crippen LogP) is 2.98. The number of aliphatic hydroxyl groups is 1. The highest BCUT2D eigenvalue weighted by Crippen LogP contribution is 2.38.